The van der Waals surface area contributed by atoms with Crippen molar-refractivity contribution >= 4 is 17.3 Å². The van der Waals surface area contributed by atoms with Crippen molar-refractivity contribution < 1.29 is 4.74 Å². The minimum absolute atomic E-state index is 0.800. The molecule has 0 amide bonds. The minimum Gasteiger partial charge on any atom is -0.385 e. The third-order valence-electron chi connectivity index (χ3n) is 3.07. The molecule has 1 atom stereocenters. The zero-order chi connectivity index (χ0) is 11.8. The molecule has 1 rings (SSSR count). The summed E-state index contributed by atoms with van der Waals surface area (Å²) in [6.07, 6.45) is 4.94. The Morgan fingerprint density at radius 1 is 1.56 bits per heavy atom. The van der Waals surface area contributed by atoms with Gasteiger partial charge in [0.1, 0.15) is 0 Å². The van der Waals surface area contributed by atoms with Crippen molar-refractivity contribution in [3.05, 3.63) is 0 Å². The summed E-state index contributed by atoms with van der Waals surface area (Å²) < 4.78 is 5.00. The lowest BCUT2D eigenvalue weighted by atomic mass is 10.0. The van der Waals surface area contributed by atoms with Gasteiger partial charge in [-0.1, -0.05) is 13.3 Å². The number of rotatable bonds is 6. The molecule has 0 aromatic heterocycles. The van der Waals surface area contributed by atoms with Crippen LogP contribution in [0.5, 0.6) is 0 Å². The average Bonchev–Trinajstić information content (AvgIpc) is 2.73. The van der Waals surface area contributed by atoms with Crippen LogP contribution in [0.1, 0.15) is 32.6 Å². The van der Waals surface area contributed by atoms with Crippen molar-refractivity contribution in [2.45, 2.75) is 32.6 Å². The summed E-state index contributed by atoms with van der Waals surface area (Å²) in [6.45, 7) is 6.24. The molecule has 4 heteroatoms. The predicted octanol–water partition coefficient (Wildman–Crippen LogP) is 2.02. The lowest BCUT2D eigenvalue weighted by Crippen LogP contribution is -2.38. The average molecular weight is 244 g/mol. The molecule has 1 fully saturated rings. The predicted molar refractivity (Wildman–Crippen MR) is 71.7 cm³/mol. The number of ether oxygens (including phenoxy) is 1. The highest BCUT2D eigenvalue weighted by Gasteiger charge is 2.22. The van der Waals surface area contributed by atoms with Crippen LogP contribution in [-0.2, 0) is 4.74 Å². The highest BCUT2D eigenvalue weighted by molar-refractivity contribution is 7.80. The van der Waals surface area contributed by atoms with Crippen LogP contribution in [-0.4, -0.2) is 43.4 Å². The third kappa shape index (κ3) is 4.66. The van der Waals surface area contributed by atoms with Crippen LogP contribution < -0.4 is 5.32 Å². The zero-order valence-electron chi connectivity index (χ0n) is 10.5. The van der Waals surface area contributed by atoms with Crippen LogP contribution in [0.2, 0.25) is 0 Å². The van der Waals surface area contributed by atoms with Crippen LogP contribution in [0.15, 0.2) is 0 Å². The Bertz CT molecular complexity index is 211. The van der Waals surface area contributed by atoms with Gasteiger partial charge in [0.25, 0.3) is 0 Å². The van der Waals surface area contributed by atoms with Gasteiger partial charge in [0.05, 0.1) is 0 Å². The topological polar surface area (TPSA) is 24.5 Å². The molecule has 1 aliphatic rings. The van der Waals surface area contributed by atoms with Gasteiger partial charge in [-0.05, 0) is 37.4 Å². The Hall–Kier alpha value is -0.350. The van der Waals surface area contributed by atoms with E-state index in [2.05, 4.69) is 17.1 Å². The monoisotopic (exact) mass is 244 g/mol. The maximum absolute atomic E-state index is 5.37. The zero-order valence-corrected chi connectivity index (χ0v) is 11.3. The highest BCUT2D eigenvalue weighted by Crippen LogP contribution is 2.20. The summed E-state index contributed by atoms with van der Waals surface area (Å²) in [5, 5.41) is 4.23. The molecule has 0 radical (unpaired) electrons. The van der Waals surface area contributed by atoms with Crippen LogP contribution in [0.4, 0.5) is 0 Å². The molecule has 94 valence electrons. The second kappa shape index (κ2) is 7.85. The first kappa shape index (κ1) is 13.7. The molecule has 1 aliphatic heterocycles. The first-order chi connectivity index (χ1) is 7.77. The first-order valence-electron chi connectivity index (χ1n) is 6.29. The molecule has 0 saturated carbocycles. The van der Waals surface area contributed by atoms with Crippen LogP contribution >= 0.6 is 12.2 Å². The van der Waals surface area contributed by atoms with Gasteiger partial charge in [-0.2, -0.15) is 0 Å². The molecular weight excluding hydrogens is 220 g/mol. The Labute approximate surface area is 105 Å². The molecule has 0 aromatic carbocycles. The summed E-state index contributed by atoms with van der Waals surface area (Å²) in [5.74, 6) is 0.851. The minimum atomic E-state index is 0.800. The van der Waals surface area contributed by atoms with Gasteiger partial charge in [-0.15, -0.1) is 0 Å². The van der Waals surface area contributed by atoms with E-state index >= 15 is 0 Å². The molecular formula is C12H24N2OS. The lowest BCUT2D eigenvalue weighted by molar-refractivity contribution is 0.195. The van der Waals surface area contributed by atoms with E-state index in [0.717, 1.165) is 43.7 Å². The van der Waals surface area contributed by atoms with E-state index in [1.54, 1.807) is 7.11 Å². The van der Waals surface area contributed by atoms with Crippen molar-refractivity contribution in [1.29, 1.82) is 0 Å². The number of hydrogen-bond acceptors (Lipinski definition) is 2. The fourth-order valence-electron chi connectivity index (χ4n) is 2.18. The van der Waals surface area contributed by atoms with Gasteiger partial charge in [-0.3, -0.25) is 0 Å². The molecule has 1 saturated heterocycles. The molecule has 16 heavy (non-hydrogen) atoms. The fraction of sp³-hybridized carbons (Fsp3) is 0.917. The second-order valence-corrected chi connectivity index (χ2v) is 4.85. The van der Waals surface area contributed by atoms with Gasteiger partial charge >= 0.3 is 0 Å². The molecule has 0 spiro atoms. The molecule has 1 heterocycles. The SMILES string of the molecule is CCCC1CCN(C(=S)NCCCOC)C1. The molecule has 0 bridgehead atoms. The molecule has 3 nitrogen and oxygen atoms in total. The van der Waals surface area contributed by atoms with Gasteiger partial charge in [-0.25, -0.2) is 0 Å². The Morgan fingerprint density at radius 2 is 2.38 bits per heavy atom. The summed E-state index contributed by atoms with van der Waals surface area (Å²) >= 11 is 5.37. The Kier molecular flexibility index (Phi) is 6.73. The second-order valence-electron chi connectivity index (χ2n) is 4.47. The number of nitrogens with zero attached hydrogens (tertiary/aromatic N) is 1. The Balaban J connectivity index is 2.13. The molecule has 0 aliphatic carbocycles. The van der Waals surface area contributed by atoms with E-state index < -0.39 is 0 Å². The van der Waals surface area contributed by atoms with Gasteiger partial charge in [0.15, 0.2) is 5.11 Å². The van der Waals surface area contributed by atoms with E-state index in [1.807, 2.05) is 0 Å². The summed E-state index contributed by atoms with van der Waals surface area (Å²) in [4.78, 5) is 2.31. The van der Waals surface area contributed by atoms with Crippen LogP contribution in [0.3, 0.4) is 0 Å². The first-order valence-corrected chi connectivity index (χ1v) is 6.70. The van der Waals surface area contributed by atoms with E-state index in [4.69, 9.17) is 17.0 Å². The standard InChI is InChI=1S/C12H24N2OS/c1-3-5-11-6-8-14(10-11)12(16)13-7-4-9-15-2/h11H,3-10H2,1-2H3,(H,13,16). The largest absolute Gasteiger partial charge is 0.385 e. The molecule has 0 aromatic rings. The van der Waals surface area contributed by atoms with Crippen LogP contribution in [0, 0.1) is 5.92 Å². The highest BCUT2D eigenvalue weighted by atomic mass is 32.1. The summed E-state index contributed by atoms with van der Waals surface area (Å²) in [7, 11) is 1.73. The summed E-state index contributed by atoms with van der Waals surface area (Å²) in [6, 6.07) is 0. The molecule has 1 unspecified atom stereocenters. The van der Waals surface area contributed by atoms with Gasteiger partial charge in [0.2, 0.25) is 0 Å². The normalized spacial score (nSPS) is 20.1. The Morgan fingerprint density at radius 3 is 3.06 bits per heavy atom. The number of thiocarbonyl (C=S) groups is 1. The van der Waals surface area contributed by atoms with Crippen molar-refractivity contribution in [3.8, 4) is 0 Å². The van der Waals surface area contributed by atoms with E-state index in [-0.39, 0.29) is 0 Å². The van der Waals surface area contributed by atoms with Crippen molar-refractivity contribution in [2.24, 2.45) is 5.92 Å². The maximum atomic E-state index is 5.37. The van der Waals surface area contributed by atoms with Crippen molar-refractivity contribution in [2.75, 3.05) is 33.4 Å². The van der Waals surface area contributed by atoms with Crippen molar-refractivity contribution in [1.82, 2.24) is 10.2 Å². The van der Waals surface area contributed by atoms with E-state index in [0.29, 0.717) is 0 Å². The number of nitrogens with one attached hydrogen (secondary N) is 1. The fourth-order valence-corrected chi connectivity index (χ4v) is 2.45. The maximum Gasteiger partial charge on any atom is 0.168 e. The molecule has 1 N–H and O–H groups in total. The van der Waals surface area contributed by atoms with Crippen LogP contribution in [0.25, 0.3) is 0 Å². The number of methoxy groups -OCH3 is 1. The number of hydrogen-bond donors (Lipinski definition) is 1. The number of likely N-dealkylation sites (tertiary alicyclic amines) is 1. The van der Waals surface area contributed by atoms with Gasteiger partial charge in [0, 0.05) is 33.4 Å². The summed E-state index contributed by atoms with van der Waals surface area (Å²) in [5.41, 5.74) is 0. The quantitative estimate of drug-likeness (QED) is 0.571. The van der Waals surface area contributed by atoms with Crippen molar-refractivity contribution in [3.63, 3.8) is 0 Å². The lowest BCUT2D eigenvalue weighted by Gasteiger charge is -2.20. The third-order valence-corrected chi connectivity index (χ3v) is 3.47. The van der Waals surface area contributed by atoms with E-state index in [9.17, 15) is 0 Å². The smallest absolute Gasteiger partial charge is 0.168 e. The van der Waals surface area contributed by atoms with Gasteiger partial charge < -0.3 is 15.0 Å². The van der Waals surface area contributed by atoms with E-state index in [1.165, 1.54) is 19.3 Å².